The molecular formula is C10H8F3N3O2. The number of rotatable bonds is 2. The monoisotopic (exact) mass is 259 g/mol. The van der Waals surface area contributed by atoms with Crippen molar-refractivity contribution in [2.24, 2.45) is 0 Å². The molecule has 1 aromatic carbocycles. The van der Waals surface area contributed by atoms with Crippen molar-refractivity contribution < 1.29 is 22.8 Å². The minimum absolute atomic E-state index is 0.0167. The Labute approximate surface area is 99.0 Å². The van der Waals surface area contributed by atoms with Crippen LogP contribution in [0, 0.1) is 0 Å². The first kappa shape index (κ1) is 12.4. The first-order valence-corrected chi connectivity index (χ1v) is 4.82. The molecule has 0 unspecified atom stereocenters. The summed E-state index contributed by atoms with van der Waals surface area (Å²) >= 11 is 0. The van der Waals surface area contributed by atoms with Crippen LogP contribution in [0.5, 0.6) is 0 Å². The van der Waals surface area contributed by atoms with Gasteiger partial charge in [-0.15, -0.1) is 0 Å². The molecule has 8 heteroatoms. The minimum Gasteiger partial charge on any atom is -0.399 e. The van der Waals surface area contributed by atoms with Gasteiger partial charge in [-0.05, 0) is 18.2 Å². The molecule has 1 heterocycles. The molecule has 3 N–H and O–H groups in total. The molecule has 0 saturated heterocycles. The number of halogens is 3. The third kappa shape index (κ3) is 2.28. The van der Waals surface area contributed by atoms with E-state index in [0.717, 1.165) is 12.1 Å². The largest absolute Gasteiger partial charge is 0.417 e. The van der Waals surface area contributed by atoms with Gasteiger partial charge < -0.3 is 15.4 Å². The standard InChI is InChI=1S/C10H8F3N3O2/c11-10(12,13)7-3-5(14)1-2-6(7)9-15-8(4-17)18-16-9/h1-3,17H,4,14H2. The number of nitrogen functional groups attached to an aromatic ring is 1. The molecule has 0 bridgehead atoms. The first-order chi connectivity index (χ1) is 8.41. The van der Waals surface area contributed by atoms with Gasteiger partial charge in [0.15, 0.2) is 0 Å². The SMILES string of the molecule is Nc1ccc(-c2noc(CO)n2)c(C(F)(F)F)c1. The van der Waals surface area contributed by atoms with Crippen LogP contribution in [0.15, 0.2) is 22.7 Å². The van der Waals surface area contributed by atoms with Crippen LogP contribution in [0.3, 0.4) is 0 Å². The van der Waals surface area contributed by atoms with Gasteiger partial charge in [0.1, 0.15) is 6.61 Å². The number of benzene rings is 1. The third-order valence-corrected chi connectivity index (χ3v) is 2.19. The van der Waals surface area contributed by atoms with E-state index in [1.54, 1.807) is 0 Å². The lowest BCUT2D eigenvalue weighted by Crippen LogP contribution is -2.08. The number of alkyl halides is 3. The van der Waals surface area contributed by atoms with Crippen molar-refractivity contribution in [1.29, 1.82) is 0 Å². The Kier molecular flexibility index (Phi) is 2.95. The average Bonchev–Trinajstić information content (AvgIpc) is 2.76. The van der Waals surface area contributed by atoms with E-state index in [9.17, 15) is 13.2 Å². The topological polar surface area (TPSA) is 85.2 Å². The molecule has 0 amide bonds. The van der Waals surface area contributed by atoms with Crippen LogP contribution < -0.4 is 5.73 Å². The fourth-order valence-electron chi connectivity index (χ4n) is 1.42. The number of nitrogens with zero attached hydrogens (tertiary/aromatic N) is 2. The third-order valence-electron chi connectivity index (χ3n) is 2.19. The van der Waals surface area contributed by atoms with Crippen LogP contribution in [-0.4, -0.2) is 15.2 Å². The Morgan fingerprint density at radius 2 is 2.06 bits per heavy atom. The smallest absolute Gasteiger partial charge is 0.399 e. The van der Waals surface area contributed by atoms with Gasteiger partial charge in [0.25, 0.3) is 5.89 Å². The van der Waals surface area contributed by atoms with Crippen LogP contribution in [-0.2, 0) is 12.8 Å². The van der Waals surface area contributed by atoms with Gasteiger partial charge in [0.05, 0.1) is 5.56 Å². The van der Waals surface area contributed by atoms with E-state index in [1.165, 1.54) is 6.07 Å². The second-order valence-electron chi connectivity index (χ2n) is 3.47. The summed E-state index contributed by atoms with van der Waals surface area (Å²) in [5.41, 5.74) is 4.11. The van der Waals surface area contributed by atoms with E-state index in [4.69, 9.17) is 10.8 Å². The summed E-state index contributed by atoms with van der Waals surface area (Å²) in [7, 11) is 0. The normalized spacial score (nSPS) is 11.8. The number of nitrogens with two attached hydrogens (primary N) is 1. The molecule has 96 valence electrons. The van der Waals surface area contributed by atoms with E-state index >= 15 is 0 Å². The number of aromatic nitrogens is 2. The molecule has 0 aliphatic carbocycles. The van der Waals surface area contributed by atoms with Crippen molar-refractivity contribution in [1.82, 2.24) is 10.1 Å². The zero-order valence-corrected chi connectivity index (χ0v) is 8.90. The summed E-state index contributed by atoms with van der Waals surface area (Å²) in [5, 5.41) is 12.1. The van der Waals surface area contributed by atoms with E-state index in [-0.39, 0.29) is 23.0 Å². The number of hydrogen-bond donors (Lipinski definition) is 2. The first-order valence-electron chi connectivity index (χ1n) is 4.82. The second kappa shape index (κ2) is 4.30. The van der Waals surface area contributed by atoms with Gasteiger partial charge in [-0.3, -0.25) is 0 Å². The van der Waals surface area contributed by atoms with Crippen LogP contribution in [0.4, 0.5) is 18.9 Å². The summed E-state index contributed by atoms with van der Waals surface area (Å²) in [6.07, 6.45) is -4.58. The zero-order valence-electron chi connectivity index (χ0n) is 8.90. The van der Waals surface area contributed by atoms with Gasteiger partial charge in [0, 0.05) is 11.3 Å². The summed E-state index contributed by atoms with van der Waals surface area (Å²) in [6, 6.07) is 3.26. The van der Waals surface area contributed by atoms with Gasteiger partial charge >= 0.3 is 6.18 Å². The molecule has 0 atom stereocenters. The van der Waals surface area contributed by atoms with Crippen LogP contribution in [0.1, 0.15) is 11.5 Å². The molecule has 0 aliphatic heterocycles. The van der Waals surface area contributed by atoms with Crippen molar-refractivity contribution in [3.8, 4) is 11.4 Å². The maximum Gasteiger partial charge on any atom is 0.417 e. The fourth-order valence-corrected chi connectivity index (χ4v) is 1.42. The summed E-state index contributed by atoms with van der Waals surface area (Å²) in [5.74, 6) is -0.402. The van der Waals surface area contributed by atoms with Crippen molar-refractivity contribution in [2.45, 2.75) is 12.8 Å². The van der Waals surface area contributed by atoms with Gasteiger partial charge in [-0.25, -0.2) is 0 Å². The summed E-state index contributed by atoms with van der Waals surface area (Å²) in [6.45, 7) is -0.538. The Hall–Kier alpha value is -2.09. The Bertz CT molecular complexity index is 566. The van der Waals surface area contributed by atoms with E-state index in [0.29, 0.717) is 0 Å². The molecule has 0 aliphatic rings. The van der Waals surface area contributed by atoms with E-state index in [2.05, 4.69) is 14.7 Å². The van der Waals surface area contributed by atoms with Crippen molar-refractivity contribution in [3.05, 3.63) is 29.7 Å². The summed E-state index contributed by atoms with van der Waals surface area (Å²) in [4.78, 5) is 3.63. The molecule has 5 nitrogen and oxygen atoms in total. The highest BCUT2D eigenvalue weighted by atomic mass is 19.4. The van der Waals surface area contributed by atoms with E-state index in [1.807, 2.05) is 0 Å². The highest BCUT2D eigenvalue weighted by Gasteiger charge is 2.35. The second-order valence-corrected chi connectivity index (χ2v) is 3.47. The maximum absolute atomic E-state index is 12.8. The quantitative estimate of drug-likeness (QED) is 0.803. The van der Waals surface area contributed by atoms with Crippen molar-refractivity contribution in [2.75, 3.05) is 5.73 Å². The number of aliphatic hydroxyl groups excluding tert-OH is 1. The lowest BCUT2D eigenvalue weighted by atomic mass is 10.1. The molecular weight excluding hydrogens is 251 g/mol. The maximum atomic E-state index is 12.8. The fraction of sp³-hybridized carbons (Fsp3) is 0.200. The molecule has 0 fully saturated rings. The highest BCUT2D eigenvalue weighted by molar-refractivity contribution is 5.64. The van der Waals surface area contributed by atoms with Gasteiger partial charge in [0.2, 0.25) is 5.82 Å². The number of anilines is 1. The lowest BCUT2D eigenvalue weighted by molar-refractivity contribution is -0.137. The number of hydrogen-bond acceptors (Lipinski definition) is 5. The highest BCUT2D eigenvalue weighted by Crippen LogP contribution is 2.37. The van der Waals surface area contributed by atoms with Crippen molar-refractivity contribution >= 4 is 5.69 Å². The Morgan fingerprint density at radius 3 is 2.61 bits per heavy atom. The number of aliphatic hydroxyl groups is 1. The van der Waals surface area contributed by atoms with Crippen LogP contribution in [0.25, 0.3) is 11.4 Å². The lowest BCUT2D eigenvalue weighted by Gasteiger charge is -2.10. The molecule has 0 spiro atoms. The van der Waals surface area contributed by atoms with Gasteiger partial charge in [-0.2, -0.15) is 18.2 Å². The molecule has 0 saturated carbocycles. The minimum atomic E-state index is -4.58. The predicted octanol–water partition coefficient (Wildman–Crippen LogP) is 1.83. The molecule has 0 radical (unpaired) electrons. The van der Waals surface area contributed by atoms with Crippen LogP contribution >= 0.6 is 0 Å². The molecule has 2 aromatic rings. The summed E-state index contributed by atoms with van der Waals surface area (Å²) < 4.78 is 43.0. The average molecular weight is 259 g/mol. The van der Waals surface area contributed by atoms with Crippen LogP contribution in [0.2, 0.25) is 0 Å². The predicted molar refractivity (Wildman–Crippen MR) is 55.1 cm³/mol. The van der Waals surface area contributed by atoms with Crippen molar-refractivity contribution in [3.63, 3.8) is 0 Å². The Balaban J connectivity index is 2.56. The van der Waals surface area contributed by atoms with E-state index < -0.39 is 18.3 Å². The molecule has 2 rings (SSSR count). The molecule has 1 aromatic heterocycles. The van der Waals surface area contributed by atoms with Gasteiger partial charge in [-0.1, -0.05) is 5.16 Å². The Morgan fingerprint density at radius 1 is 1.33 bits per heavy atom. The molecule has 18 heavy (non-hydrogen) atoms. The zero-order chi connectivity index (χ0) is 13.3.